The molecule has 0 unspecified atom stereocenters. The molecule has 208 valence electrons. The van der Waals surface area contributed by atoms with E-state index in [1.165, 1.54) is 6.07 Å². The third kappa shape index (κ3) is 5.62. The highest BCUT2D eigenvalue weighted by Crippen LogP contribution is 2.33. The van der Waals surface area contributed by atoms with Gasteiger partial charge in [-0.05, 0) is 29.3 Å². The summed E-state index contributed by atoms with van der Waals surface area (Å²) in [7, 11) is 0. The highest BCUT2D eigenvalue weighted by molar-refractivity contribution is 9.10. The summed E-state index contributed by atoms with van der Waals surface area (Å²) >= 11 is 3.34. The molecule has 41 heavy (non-hydrogen) atoms. The summed E-state index contributed by atoms with van der Waals surface area (Å²) in [6, 6.07) is 29.6. The molecule has 10 heteroatoms. The molecule has 6 rings (SSSR count). The summed E-state index contributed by atoms with van der Waals surface area (Å²) in [4.78, 5) is 21.8. The first-order chi connectivity index (χ1) is 19.8. The van der Waals surface area contributed by atoms with E-state index in [4.69, 9.17) is 0 Å². The van der Waals surface area contributed by atoms with Crippen LogP contribution in [0.1, 0.15) is 33.4 Å². The maximum atomic E-state index is 14.0. The van der Waals surface area contributed by atoms with Gasteiger partial charge in [-0.25, -0.2) is 9.50 Å². The van der Waals surface area contributed by atoms with Crippen molar-refractivity contribution >= 4 is 27.5 Å². The smallest absolute Gasteiger partial charge is 0.335 e. The number of benzene rings is 3. The number of nitrogens with zero attached hydrogens (tertiary/aromatic N) is 5. The predicted molar refractivity (Wildman–Crippen MR) is 153 cm³/mol. The number of hydrogen-bond donors (Lipinski definition) is 0. The molecule has 0 saturated carbocycles. The highest BCUT2D eigenvalue weighted by Gasteiger charge is 2.36. The topological polar surface area (TPSA) is 53.7 Å². The van der Waals surface area contributed by atoms with Crippen molar-refractivity contribution < 1.29 is 18.0 Å². The lowest BCUT2D eigenvalue weighted by Gasteiger charge is -2.39. The fraction of sp³-hybridized carbons (Fsp3) is 0.194. The first kappa shape index (κ1) is 27.2. The Balaban J connectivity index is 1.26. The molecule has 1 aliphatic rings. The van der Waals surface area contributed by atoms with E-state index in [-0.39, 0.29) is 23.1 Å². The van der Waals surface area contributed by atoms with Gasteiger partial charge in [-0.15, -0.1) is 0 Å². The van der Waals surface area contributed by atoms with Gasteiger partial charge < -0.3 is 4.90 Å². The van der Waals surface area contributed by atoms with E-state index >= 15 is 0 Å². The number of rotatable bonds is 5. The van der Waals surface area contributed by atoms with Crippen molar-refractivity contribution in [3.05, 3.63) is 124 Å². The largest absolute Gasteiger partial charge is 0.433 e. The molecule has 5 aromatic rings. The lowest BCUT2D eigenvalue weighted by atomic mass is 9.96. The Hall–Kier alpha value is -4.02. The van der Waals surface area contributed by atoms with E-state index in [2.05, 4.69) is 55.2 Å². The summed E-state index contributed by atoms with van der Waals surface area (Å²) < 4.78 is 43.6. The lowest BCUT2D eigenvalue weighted by Crippen LogP contribution is -2.50. The average Bonchev–Trinajstić information content (AvgIpc) is 3.42. The van der Waals surface area contributed by atoms with Gasteiger partial charge in [0.05, 0.1) is 11.7 Å². The highest BCUT2D eigenvalue weighted by atomic mass is 79.9. The zero-order valence-electron chi connectivity index (χ0n) is 21.8. The average molecular weight is 620 g/mol. The Kier molecular flexibility index (Phi) is 7.35. The third-order valence-corrected chi connectivity index (χ3v) is 7.80. The van der Waals surface area contributed by atoms with E-state index in [0.29, 0.717) is 36.3 Å². The molecule has 6 nitrogen and oxygen atoms in total. The van der Waals surface area contributed by atoms with Gasteiger partial charge >= 0.3 is 6.18 Å². The van der Waals surface area contributed by atoms with Crippen LogP contribution >= 0.6 is 15.9 Å². The molecule has 2 aromatic heterocycles. The van der Waals surface area contributed by atoms with Gasteiger partial charge in [0.25, 0.3) is 5.91 Å². The number of fused-ring (bicyclic) bond motifs is 1. The van der Waals surface area contributed by atoms with Crippen molar-refractivity contribution in [2.75, 3.05) is 26.2 Å². The quantitative estimate of drug-likeness (QED) is 0.219. The second-order valence-corrected chi connectivity index (χ2v) is 10.8. The number of amides is 1. The Labute approximate surface area is 243 Å². The number of alkyl halides is 3. The van der Waals surface area contributed by atoms with E-state index in [9.17, 15) is 18.0 Å². The van der Waals surface area contributed by atoms with Crippen LogP contribution in [0, 0.1) is 0 Å². The van der Waals surface area contributed by atoms with Crippen LogP contribution in [-0.2, 0) is 6.18 Å². The van der Waals surface area contributed by atoms with Gasteiger partial charge in [-0.3, -0.25) is 9.69 Å². The van der Waals surface area contributed by atoms with Crippen LogP contribution in [0.4, 0.5) is 13.2 Å². The molecule has 0 aliphatic carbocycles. The van der Waals surface area contributed by atoms with Crippen LogP contribution in [0.3, 0.4) is 0 Å². The minimum atomic E-state index is -4.69. The normalized spacial score (nSPS) is 14.6. The number of hydrogen-bond acceptors (Lipinski definition) is 4. The standard InChI is InChI=1S/C31H25BrF3N5O/c32-24-13-11-21(12-14-24)25-19-27(31(33,34)35)40-28(36-25)20-26(37-40)30(41)39-17-15-38(16-18-39)29(22-7-3-1-4-8-22)23-9-5-2-6-10-23/h1-14,19-20,29H,15-18H2. The first-order valence-corrected chi connectivity index (χ1v) is 13.9. The Morgan fingerprint density at radius 3 is 1.95 bits per heavy atom. The number of carbonyl (C=O) groups is 1. The van der Waals surface area contributed by atoms with E-state index < -0.39 is 17.8 Å². The van der Waals surface area contributed by atoms with E-state index in [1.807, 2.05) is 36.4 Å². The summed E-state index contributed by atoms with van der Waals surface area (Å²) in [5.41, 5.74) is 1.91. The first-order valence-electron chi connectivity index (χ1n) is 13.1. The van der Waals surface area contributed by atoms with Gasteiger partial charge in [-0.2, -0.15) is 18.3 Å². The van der Waals surface area contributed by atoms with Crippen molar-refractivity contribution in [1.29, 1.82) is 0 Å². The summed E-state index contributed by atoms with van der Waals surface area (Å²) in [6.45, 7) is 2.06. The number of aromatic nitrogens is 3. The predicted octanol–water partition coefficient (Wildman–Crippen LogP) is 6.73. The van der Waals surface area contributed by atoms with Crippen molar-refractivity contribution in [3.63, 3.8) is 0 Å². The van der Waals surface area contributed by atoms with Gasteiger partial charge in [0.2, 0.25) is 0 Å². The molecular weight excluding hydrogens is 595 g/mol. The fourth-order valence-electron chi connectivity index (χ4n) is 5.28. The lowest BCUT2D eigenvalue weighted by molar-refractivity contribution is -0.142. The van der Waals surface area contributed by atoms with Crippen molar-refractivity contribution in [2.45, 2.75) is 12.2 Å². The summed E-state index contributed by atoms with van der Waals surface area (Å²) in [5.74, 6) is -0.413. The van der Waals surface area contributed by atoms with Gasteiger partial charge in [0, 0.05) is 42.3 Å². The molecule has 1 fully saturated rings. The fourth-order valence-corrected chi connectivity index (χ4v) is 5.54. The molecule has 0 bridgehead atoms. The van der Waals surface area contributed by atoms with Crippen molar-refractivity contribution in [3.8, 4) is 11.3 Å². The van der Waals surface area contributed by atoms with Crippen LogP contribution in [0.15, 0.2) is 102 Å². The Morgan fingerprint density at radius 1 is 0.805 bits per heavy atom. The second-order valence-electron chi connectivity index (χ2n) is 9.88. The minimum Gasteiger partial charge on any atom is -0.335 e. The maximum Gasteiger partial charge on any atom is 0.433 e. The van der Waals surface area contributed by atoms with Crippen molar-refractivity contribution in [2.24, 2.45) is 0 Å². The third-order valence-electron chi connectivity index (χ3n) is 7.27. The number of carbonyl (C=O) groups excluding carboxylic acids is 1. The molecule has 1 saturated heterocycles. The van der Waals surface area contributed by atoms with Gasteiger partial charge in [0.1, 0.15) is 0 Å². The van der Waals surface area contributed by atoms with Crippen LogP contribution in [-0.4, -0.2) is 56.5 Å². The molecule has 0 radical (unpaired) electrons. The maximum absolute atomic E-state index is 14.0. The minimum absolute atomic E-state index is 0.0282. The zero-order valence-corrected chi connectivity index (χ0v) is 23.4. The monoisotopic (exact) mass is 619 g/mol. The second kappa shape index (κ2) is 11.1. The molecule has 0 atom stereocenters. The Bertz CT molecular complexity index is 1630. The molecule has 3 aromatic carbocycles. The Morgan fingerprint density at radius 2 is 1.39 bits per heavy atom. The number of halogens is 4. The zero-order chi connectivity index (χ0) is 28.6. The van der Waals surface area contributed by atoms with E-state index in [1.54, 1.807) is 29.2 Å². The van der Waals surface area contributed by atoms with Gasteiger partial charge in [0.15, 0.2) is 17.0 Å². The summed E-state index contributed by atoms with van der Waals surface area (Å²) in [6.07, 6.45) is -4.69. The molecule has 3 heterocycles. The molecule has 1 amide bonds. The van der Waals surface area contributed by atoms with Crippen LogP contribution < -0.4 is 0 Å². The van der Waals surface area contributed by atoms with Gasteiger partial charge in [-0.1, -0.05) is 88.7 Å². The molecule has 1 aliphatic heterocycles. The van der Waals surface area contributed by atoms with Crippen LogP contribution in [0.2, 0.25) is 0 Å². The van der Waals surface area contributed by atoms with Crippen LogP contribution in [0.5, 0.6) is 0 Å². The van der Waals surface area contributed by atoms with E-state index in [0.717, 1.165) is 21.7 Å². The SMILES string of the molecule is O=C(c1cc2nc(-c3ccc(Br)cc3)cc(C(F)(F)F)n2n1)N1CCN(C(c2ccccc2)c2ccccc2)CC1. The van der Waals surface area contributed by atoms with Crippen molar-refractivity contribution in [1.82, 2.24) is 24.4 Å². The summed E-state index contributed by atoms with van der Waals surface area (Å²) in [5, 5.41) is 4.07. The van der Waals surface area contributed by atoms with Crippen LogP contribution in [0.25, 0.3) is 16.9 Å². The number of piperazine rings is 1. The molecular formula is C31H25BrF3N5O. The molecule has 0 N–H and O–H groups in total. The molecule has 0 spiro atoms.